The summed E-state index contributed by atoms with van der Waals surface area (Å²) in [6, 6.07) is 2.91. The number of rotatable bonds is 4. The topological polar surface area (TPSA) is 75.8 Å². The number of phenolic OH excluding ortho intramolecular Hbond substituents is 1. The predicted octanol–water partition coefficient (Wildman–Crippen LogP) is 2.26. The van der Waals surface area contributed by atoms with Gasteiger partial charge < -0.3 is 14.7 Å². The molecule has 6 heteroatoms. The first-order chi connectivity index (χ1) is 9.49. The van der Waals surface area contributed by atoms with E-state index in [0.29, 0.717) is 44.0 Å². The summed E-state index contributed by atoms with van der Waals surface area (Å²) in [5.41, 5.74) is 1.83. The molecule has 1 heterocycles. The highest BCUT2D eigenvalue weighted by atomic mass is 16.6. The van der Waals surface area contributed by atoms with Gasteiger partial charge in [0.05, 0.1) is 18.1 Å². The molecule has 0 atom stereocenters. The van der Waals surface area contributed by atoms with Crippen LogP contribution in [-0.4, -0.2) is 36.3 Å². The van der Waals surface area contributed by atoms with E-state index in [-0.39, 0.29) is 11.4 Å². The van der Waals surface area contributed by atoms with Gasteiger partial charge in [0.15, 0.2) is 0 Å². The Labute approximate surface area is 117 Å². The van der Waals surface area contributed by atoms with Gasteiger partial charge in [-0.05, 0) is 13.3 Å². The molecular weight excluding hydrogens is 260 g/mol. The van der Waals surface area contributed by atoms with Gasteiger partial charge in [-0.3, -0.25) is 10.1 Å². The van der Waals surface area contributed by atoms with Gasteiger partial charge in [0, 0.05) is 30.8 Å². The third kappa shape index (κ3) is 3.08. The van der Waals surface area contributed by atoms with Gasteiger partial charge in [0.2, 0.25) is 0 Å². The highest BCUT2D eigenvalue weighted by molar-refractivity contribution is 5.68. The van der Waals surface area contributed by atoms with Crippen LogP contribution in [0.25, 0.3) is 0 Å². The van der Waals surface area contributed by atoms with Crippen molar-refractivity contribution in [2.75, 3.05) is 31.2 Å². The van der Waals surface area contributed by atoms with Crippen molar-refractivity contribution >= 4 is 11.4 Å². The van der Waals surface area contributed by atoms with Crippen LogP contribution in [0.15, 0.2) is 24.3 Å². The molecule has 1 N–H and O–H groups in total. The van der Waals surface area contributed by atoms with E-state index < -0.39 is 4.92 Å². The predicted molar refractivity (Wildman–Crippen MR) is 76.3 cm³/mol. The number of anilines is 1. The van der Waals surface area contributed by atoms with E-state index in [0.717, 1.165) is 5.57 Å². The lowest BCUT2D eigenvalue weighted by molar-refractivity contribution is -0.384. The smallest absolute Gasteiger partial charge is 0.293 e. The number of hydrogen-bond donors (Lipinski definition) is 1. The van der Waals surface area contributed by atoms with E-state index in [9.17, 15) is 15.2 Å². The molecule has 2 rings (SSSR count). The zero-order chi connectivity index (χ0) is 14.7. The number of aromatic hydroxyl groups is 1. The average molecular weight is 278 g/mol. The maximum Gasteiger partial charge on any atom is 0.293 e. The Balaban J connectivity index is 2.42. The highest BCUT2D eigenvalue weighted by Crippen LogP contribution is 2.36. The number of nitro benzene ring substituents is 1. The number of nitro groups is 1. The van der Waals surface area contributed by atoms with Crippen molar-refractivity contribution in [3.8, 4) is 5.75 Å². The molecule has 0 spiro atoms. The van der Waals surface area contributed by atoms with Crippen LogP contribution in [0.1, 0.15) is 12.5 Å². The molecule has 0 unspecified atom stereocenters. The molecule has 1 aromatic carbocycles. The lowest BCUT2D eigenvalue weighted by Gasteiger charge is -2.28. The van der Waals surface area contributed by atoms with E-state index in [1.54, 1.807) is 0 Å². The Hall–Kier alpha value is -2.08. The van der Waals surface area contributed by atoms with Crippen LogP contribution in [-0.2, 0) is 11.2 Å². The van der Waals surface area contributed by atoms with Crippen LogP contribution in [0.3, 0.4) is 0 Å². The first-order valence-electron chi connectivity index (χ1n) is 6.46. The Bertz CT molecular complexity index is 536. The van der Waals surface area contributed by atoms with Gasteiger partial charge in [0.1, 0.15) is 11.4 Å². The van der Waals surface area contributed by atoms with E-state index in [1.165, 1.54) is 12.1 Å². The number of hydrogen-bond acceptors (Lipinski definition) is 5. The number of morpholine rings is 1. The Morgan fingerprint density at radius 2 is 2.15 bits per heavy atom. The molecule has 20 heavy (non-hydrogen) atoms. The van der Waals surface area contributed by atoms with Gasteiger partial charge >= 0.3 is 0 Å². The van der Waals surface area contributed by atoms with E-state index >= 15 is 0 Å². The van der Waals surface area contributed by atoms with Crippen molar-refractivity contribution in [2.24, 2.45) is 0 Å². The van der Waals surface area contributed by atoms with Crippen LogP contribution < -0.4 is 4.90 Å². The molecule has 0 saturated carbocycles. The minimum Gasteiger partial charge on any atom is -0.508 e. The van der Waals surface area contributed by atoms with Crippen molar-refractivity contribution in [3.63, 3.8) is 0 Å². The molecule has 1 aromatic rings. The van der Waals surface area contributed by atoms with E-state index in [1.807, 2.05) is 11.8 Å². The average Bonchev–Trinajstić information content (AvgIpc) is 2.41. The second kappa shape index (κ2) is 5.92. The summed E-state index contributed by atoms with van der Waals surface area (Å²) in [5, 5.41) is 21.3. The second-order valence-corrected chi connectivity index (χ2v) is 4.96. The first-order valence-corrected chi connectivity index (χ1v) is 6.46. The third-order valence-electron chi connectivity index (χ3n) is 3.22. The number of benzene rings is 1. The normalized spacial score (nSPS) is 15.2. The molecule has 1 saturated heterocycles. The minimum absolute atomic E-state index is 0.0148. The molecule has 0 aliphatic carbocycles. The maximum absolute atomic E-state index is 11.3. The third-order valence-corrected chi connectivity index (χ3v) is 3.22. The van der Waals surface area contributed by atoms with E-state index in [4.69, 9.17) is 4.74 Å². The molecule has 0 amide bonds. The monoisotopic (exact) mass is 278 g/mol. The Kier molecular flexibility index (Phi) is 4.24. The summed E-state index contributed by atoms with van der Waals surface area (Å²) in [7, 11) is 0. The number of phenols is 1. The zero-order valence-corrected chi connectivity index (χ0v) is 11.5. The van der Waals surface area contributed by atoms with Crippen LogP contribution in [0.2, 0.25) is 0 Å². The van der Waals surface area contributed by atoms with Gasteiger partial charge in [0.25, 0.3) is 5.69 Å². The summed E-state index contributed by atoms with van der Waals surface area (Å²) < 4.78 is 5.24. The molecule has 0 radical (unpaired) electrons. The summed E-state index contributed by atoms with van der Waals surface area (Å²) >= 11 is 0. The van der Waals surface area contributed by atoms with Crippen LogP contribution >= 0.6 is 0 Å². The van der Waals surface area contributed by atoms with Gasteiger partial charge in [-0.1, -0.05) is 12.2 Å². The summed E-state index contributed by atoms with van der Waals surface area (Å²) in [6.45, 7) is 7.82. The van der Waals surface area contributed by atoms with Crippen molar-refractivity contribution in [3.05, 3.63) is 40.0 Å². The van der Waals surface area contributed by atoms with Crippen molar-refractivity contribution in [2.45, 2.75) is 13.3 Å². The summed E-state index contributed by atoms with van der Waals surface area (Å²) in [4.78, 5) is 12.7. The number of nitrogens with zero attached hydrogens (tertiary/aromatic N) is 2. The fraction of sp³-hybridized carbons (Fsp3) is 0.429. The molecule has 0 aromatic heterocycles. The zero-order valence-electron chi connectivity index (χ0n) is 11.5. The summed E-state index contributed by atoms with van der Waals surface area (Å²) in [5.74, 6) is 0.0695. The van der Waals surface area contributed by atoms with Gasteiger partial charge in [-0.2, -0.15) is 0 Å². The Morgan fingerprint density at radius 1 is 1.50 bits per heavy atom. The number of allylic oxidation sites excluding steroid dienone is 1. The van der Waals surface area contributed by atoms with Crippen LogP contribution in [0.4, 0.5) is 11.4 Å². The van der Waals surface area contributed by atoms with Gasteiger partial charge in [-0.25, -0.2) is 0 Å². The molecule has 0 bridgehead atoms. The SMILES string of the molecule is C=C(C)Cc1cc([N+](=O)[O-])c(N2CCOCC2)cc1O. The van der Waals surface area contributed by atoms with Crippen LogP contribution in [0.5, 0.6) is 5.75 Å². The van der Waals surface area contributed by atoms with Crippen molar-refractivity contribution in [1.29, 1.82) is 0 Å². The highest BCUT2D eigenvalue weighted by Gasteiger charge is 2.24. The molecule has 1 aliphatic rings. The van der Waals surface area contributed by atoms with Crippen molar-refractivity contribution in [1.82, 2.24) is 0 Å². The molecule has 108 valence electrons. The summed E-state index contributed by atoms with van der Waals surface area (Å²) in [6.07, 6.45) is 0.427. The number of ether oxygens (including phenoxy) is 1. The lowest BCUT2D eigenvalue weighted by atomic mass is 10.0. The molecular formula is C14H18N2O4. The minimum atomic E-state index is -0.411. The fourth-order valence-electron chi connectivity index (χ4n) is 2.28. The lowest BCUT2D eigenvalue weighted by Crippen LogP contribution is -2.36. The van der Waals surface area contributed by atoms with Crippen LogP contribution in [0, 0.1) is 10.1 Å². The molecule has 1 fully saturated rings. The standard InChI is InChI=1S/C14H18N2O4/c1-10(2)7-11-8-13(16(18)19)12(9-14(11)17)15-3-5-20-6-4-15/h8-9,17H,1,3-7H2,2H3. The maximum atomic E-state index is 11.3. The quantitative estimate of drug-likeness (QED) is 0.519. The molecule has 6 nitrogen and oxygen atoms in total. The largest absolute Gasteiger partial charge is 0.508 e. The first kappa shape index (κ1) is 14.3. The molecule has 1 aliphatic heterocycles. The van der Waals surface area contributed by atoms with Crippen molar-refractivity contribution < 1.29 is 14.8 Å². The fourth-order valence-corrected chi connectivity index (χ4v) is 2.28. The Morgan fingerprint density at radius 3 is 2.70 bits per heavy atom. The van der Waals surface area contributed by atoms with E-state index in [2.05, 4.69) is 6.58 Å². The second-order valence-electron chi connectivity index (χ2n) is 4.96. The van der Waals surface area contributed by atoms with Gasteiger partial charge in [-0.15, -0.1) is 0 Å².